The first-order valence-electron chi connectivity index (χ1n) is 8.83. The number of nitrogens with one attached hydrogen (secondary N) is 1. The topological polar surface area (TPSA) is 67.3 Å². The van der Waals surface area contributed by atoms with E-state index in [0.717, 1.165) is 30.3 Å². The predicted octanol–water partition coefficient (Wildman–Crippen LogP) is 3.26. The fourth-order valence-corrected chi connectivity index (χ4v) is 2.91. The van der Waals surface area contributed by atoms with E-state index < -0.39 is 0 Å². The number of anilines is 2. The number of piperidine rings is 1. The molecule has 1 saturated heterocycles. The molecule has 1 aromatic heterocycles. The van der Waals surface area contributed by atoms with Crippen LogP contribution in [0.3, 0.4) is 0 Å². The van der Waals surface area contributed by atoms with Gasteiger partial charge in [-0.2, -0.15) is 0 Å². The summed E-state index contributed by atoms with van der Waals surface area (Å²) in [4.78, 5) is 22.7. The average molecular weight is 340 g/mol. The first-order valence-corrected chi connectivity index (χ1v) is 8.83. The van der Waals surface area contributed by atoms with Gasteiger partial charge in [-0.25, -0.2) is 14.8 Å². The molecule has 132 valence electrons. The Kier molecular flexibility index (Phi) is 5.82. The van der Waals surface area contributed by atoms with Gasteiger partial charge >= 0.3 is 5.97 Å². The SMILES string of the molecule is CCOC(=O)c1ccc(CNc2cc(N3CCCCC3)ncn2)cc1. The van der Waals surface area contributed by atoms with Crippen molar-refractivity contribution in [2.75, 3.05) is 29.9 Å². The van der Waals surface area contributed by atoms with Gasteiger partial charge in [0.15, 0.2) is 0 Å². The standard InChI is InChI=1S/C19H24N4O2/c1-2-25-19(24)16-8-6-15(7-9-16)13-20-17-12-18(22-14-21-17)23-10-4-3-5-11-23/h6-9,12,14H,2-5,10-11,13H2,1H3,(H,20,21,22). The predicted molar refractivity (Wildman–Crippen MR) is 97.8 cm³/mol. The number of aromatic nitrogens is 2. The lowest BCUT2D eigenvalue weighted by atomic mass is 10.1. The maximum atomic E-state index is 11.7. The second-order valence-corrected chi connectivity index (χ2v) is 6.08. The van der Waals surface area contributed by atoms with Crippen LogP contribution in [0.5, 0.6) is 0 Å². The Morgan fingerprint density at radius 2 is 1.92 bits per heavy atom. The molecule has 0 radical (unpaired) electrons. The summed E-state index contributed by atoms with van der Waals surface area (Å²) >= 11 is 0. The summed E-state index contributed by atoms with van der Waals surface area (Å²) in [7, 11) is 0. The smallest absolute Gasteiger partial charge is 0.338 e. The van der Waals surface area contributed by atoms with E-state index in [1.54, 1.807) is 25.4 Å². The minimum Gasteiger partial charge on any atom is -0.462 e. The van der Waals surface area contributed by atoms with Crippen molar-refractivity contribution < 1.29 is 9.53 Å². The zero-order chi connectivity index (χ0) is 17.5. The van der Waals surface area contributed by atoms with Crippen molar-refractivity contribution in [3.05, 3.63) is 47.8 Å². The Bertz CT molecular complexity index is 697. The molecule has 2 heterocycles. The van der Waals surface area contributed by atoms with E-state index in [4.69, 9.17) is 4.74 Å². The van der Waals surface area contributed by atoms with E-state index >= 15 is 0 Å². The monoisotopic (exact) mass is 340 g/mol. The first kappa shape index (κ1) is 17.2. The van der Waals surface area contributed by atoms with E-state index in [1.165, 1.54) is 19.3 Å². The molecule has 6 nitrogen and oxygen atoms in total. The summed E-state index contributed by atoms with van der Waals surface area (Å²) < 4.78 is 4.99. The molecule has 0 amide bonds. The maximum Gasteiger partial charge on any atom is 0.338 e. The van der Waals surface area contributed by atoms with Gasteiger partial charge in [-0.05, 0) is 43.9 Å². The average Bonchev–Trinajstić information content (AvgIpc) is 2.68. The van der Waals surface area contributed by atoms with Crippen LogP contribution in [0.1, 0.15) is 42.1 Å². The van der Waals surface area contributed by atoms with Crippen LogP contribution in [-0.4, -0.2) is 35.6 Å². The molecule has 1 aliphatic heterocycles. The second kappa shape index (κ2) is 8.46. The van der Waals surface area contributed by atoms with Gasteiger partial charge < -0.3 is 15.0 Å². The van der Waals surface area contributed by atoms with Crippen LogP contribution >= 0.6 is 0 Å². The summed E-state index contributed by atoms with van der Waals surface area (Å²) in [5, 5.41) is 3.32. The zero-order valence-corrected chi connectivity index (χ0v) is 14.6. The number of nitrogens with zero attached hydrogens (tertiary/aromatic N) is 3. The van der Waals surface area contributed by atoms with E-state index in [0.29, 0.717) is 18.7 Å². The van der Waals surface area contributed by atoms with E-state index in [-0.39, 0.29) is 5.97 Å². The highest BCUT2D eigenvalue weighted by molar-refractivity contribution is 5.89. The van der Waals surface area contributed by atoms with Crippen molar-refractivity contribution in [1.29, 1.82) is 0 Å². The summed E-state index contributed by atoms with van der Waals surface area (Å²) in [5.74, 6) is 1.50. The fraction of sp³-hybridized carbons (Fsp3) is 0.421. The van der Waals surface area contributed by atoms with Crippen LogP contribution < -0.4 is 10.2 Å². The van der Waals surface area contributed by atoms with Crippen LogP contribution in [0.25, 0.3) is 0 Å². The van der Waals surface area contributed by atoms with E-state index in [2.05, 4.69) is 20.2 Å². The third-order valence-corrected chi connectivity index (χ3v) is 4.27. The van der Waals surface area contributed by atoms with Gasteiger partial charge in [0.05, 0.1) is 12.2 Å². The molecule has 2 aromatic rings. The lowest BCUT2D eigenvalue weighted by Crippen LogP contribution is -2.30. The van der Waals surface area contributed by atoms with E-state index in [9.17, 15) is 4.79 Å². The van der Waals surface area contributed by atoms with Gasteiger partial charge in [-0.15, -0.1) is 0 Å². The number of benzene rings is 1. The molecular weight excluding hydrogens is 316 g/mol. The van der Waals surface area contributed by atoms with E-state index in [1.807, 2.05) is 18.2 Å². The molecule has 0 atom stereocenters. The molecular formula is C19H24N4O2. The number of carbonyl (C=O) groups is 1. The number of hydrogen-bond donors (Lipinski definition) is 1. The van der Waals surface area contributed by atoms with Gasteiger partial charge in [0.1, 0.15) is 18.0 Å². The normalized spacial score (nSPS) is 14.2. The van der Waals surface area contributed by atoms with Crippen LogP contribution in [0.15, 0.2) is 36.7 Å². The third-order valence-electron chi connectivity index (χ3n) is 4.27. The number of rotatable bonds is 6. The second-order valence-electron chi connectivity index (χ2n) is 6.08. The molecule has 0 saturated carbocycles. The van der Waals surface area contributed by atoms with Crippen LogP contribution in [0, 0.1) is 0 Å². The minimum atomic E-state index is -0.288. The third kappa shape index (κ3) is 4.68. The summed E-state index contributed by atoms with van der Waals surface area (Å²) in [6, 6.07) is 9.42. The zero-order valence-electron chi connectivity index (χ0n) is 14.6. The summed E-state index contributed by atoms with van der Waals surface area (Å²) in [6.45, 7) is 4.95. The van der Waals surface area contributed by atoms with Gasteiger partial charge in [-0.3, -0.25) is 0 Å². The van der Waals surface area contributed by atoms with Gasteiger partial charge in [-0.1, -0.05) is 12.1 Å². The Morgan fingerprint density at radius 3 is 2.64 bits per heavy atom. The molecule has 6 heteroatoms. The van der Waals surface area contributed by atoms with Crippen LogP contribution in [-0.2, 0) is 11.3 Å². The first-order chi connectivity index (χ1) is 12.3. The molecule has 25 heavy (non-hydrogen) atoms. The van der Waals surface area contributed by atoms with Gasteiger partial charge in [0, 0.05) is 25.7 Å². The van der Waals surface area contributed by atoms with Crippen LogP contribution in [0.2, 0.25) is 0 Å². The molecule has 0 aliphatic carbocycles. The highest BCUT2D eigenvalue weighted by Crippen LogP contribution is 2.19. The highest BCUT2D eigenvalue weighted by atomic mass is 16.5. The fourth-order valence-electron chi connectivity index (χ4n) is 2.91. The number of carbonyl (C=O) groups excluding carboxylic acids is 1. The Hall–Kier alpha value is -2.63. The summed E-state index contributed by atoms with van der Waals surface area (Å²) in [5.41, 5.74) is 1.64. The Labute approximate surface area is 148 Å². The molecule has 1 fully saturated rings. The van der Waals surface area contributed by atoms with Gasteiger partial charge in [0.2, 0.25) is 0 Å². The molecule has 1 aliphatic rings. The number of hydrogen-bond acceptors (Lipinski definition) is 6. The highest BCUT2D eigenvalue weighted by Gasteiger charge is 2.12. The Morgan fingerprint density at radius 1 is 1.16 bits per heavy atom. The lowest BCUT2D eigenvalue weighted by Gasteiger charge is -2.27. The molecule has 0 bridgehead atoms. The molecule has 1 N–H and O–H groups in total. The van der Waals surface area contributed by atoms with Gasteiger partial charge in [0.25, 0.3) is 0 Å². The molecule has 0 spiro atoms. The maximum absolute atomic E-state index is 11.7. The number of esters is 1. The summed E-state index contributed by atoms with van der Waals surface area (Å²) in [6.07, 6.45) is 5.35. The number of ether oxygens (including phenoxy) is 1. The molecule has 0 unspecified atom stereocenters. The van der Waals surface area contributed by atoms with Crippen molar-refractivity contribution in [3.8, 4) is 0 Å². The van der Waals surface area contributed by atoms with Crippen molar-refractivity contribution in [2.45, 2.75) is 32.7 Å². The lowest BCUT2D eigenvalue weighted by molar-refractivity contribution is 0.0526. The minimum absolute atomic E-state index is 0.288. The quantitative estimate of drug-likeness (QED) is 0.814. The molecule has 1 aromatic carbocycles. The van der Waals surface area contributed by atoms with Crippen LogP contribution in [0.4, 0.5) is 11.6 Å². The largest absolute Gasteiger partial charge is 0.462 e. The Balaban J connectivity index is 1.58. The molecule has 3 rings (SSSR count). The van der Waals surface area contributed by atoms with Crippen molar-refractivity contribution >= 4 is 17.6 Å². The van der Waals surface area contributed by atoms with Crippen molar-refractivity contribution in [1.82, 2.24) is 9.97 Å². The van der Waals surface area contributed by atoms with Crippen molar-refractivity contribution in [3.63, 3.8) is 0 Å². The van der Waals surface area contributed by atoms with Crippen molar-refractivity contribution in [2.24, 2.45) is 0 Å².